The van der Waals surface area contributed by atoms with Crippen LogP contribution in [0, 0.1) is 0 Å². The van der Waals surface area contributed by atoms with Crippen molar-refractivity contribution in [3.8, 4) is 0 Å². The normalized spacial score (nSPS) is 12.3. The van der Waals surface area contributed by atoms with Crippen LogP contribution in [-0.4, -0.2) is 18.2 Å². The van der Waals surface area contributed by atoms with Gasteiger partial charge in [-0.2, -0.15) is 0 Å². The van der Waals surface area contributed by atoms with Crippen LogP contribution in [0.2, 0.25) is 0 Å². The molecule has 0 radical (unpaired) electrons. The van der Waals surface area contributed by atoms with Crippen LogP contribution in [0.1, 0.15) is 13.8 Å². The Morgan fingerprint density at radius 1 is 1.56 bits per heavy atom. The molecule has 0 aromatic carbocycles. The Morgan fingerprint density at radius 3 is 2.44 bits per heavy atom. The minimum Gasteiger partial charge on any atom is -0.249 e. The predicted octanol–water partition coefficient (Wildman–Crippen LogP) is 0.788. The minimum atomic E-state index is -0.713. The summed E-state index contributed by atoms with van der Waals surface area (Å²) < 4.78 is 0. The summed E-state index contributed by atoms with van der Waals surface area (Å²) in [4.78, 5) is 12.5. The van der Waals surface area contributed by atoms with Crippen molar-refractivity contribution in [1.29, 1.82) is 0 Å². The molecule has 52 valence electrons. The molecule has 1 atom stereocenters. The van der Waals surface area contributed by atoms with E-state index in [1.807, 2.05) is 0 Å². The summed E-state index contributed by atoms with van der Waals surface area (Å²) in [5, 5.41) is 7.86. The summed E-state index contributed by atoms with van der Waals surface area (Å²) in [6.07, 6.45) is -0.713. The van der Waals surface area contributed by atoms with E-state index in [9.17, 15) is 0 Å². The first-order valence-corrected chi connectivity index (χ1v) is 2.39. The van der Waals surface area contributed by atoms with Gasteiger partial charge in [0.05, 0.1) is 6.61 Å². The molecule has 0 aliphatic heterocycles. The fraction of sp³-hybridized carbons (Fsp3) is 1.00. The molecule has 1 N–H and O–H groups in total. The maximum Gasteiger partial charge on any atom is 0.221 e. The second kappa shape index (κ2) is 8.46. The quantitative estimate of drug-likeness (QED) is 0.306. The van der Waals surface area contributed by atoms with Gasteiger partial charge in [0.15, 0.2) is 0 Å². The Bertz CT molecular complexity index is 51.8. The largest absolute Gasteiger partial charge is 0.249 e. The van der Waals surface area contributed by atoms with Gasteiger partial charge in [-0.15, -0.1) is 0 Å². The van der Waals surface area contributed by atoms with Crippen LogP contribution in [-0.2, 0) is 34.1 Å². The monoisotopic (exact) mass is 186 g/mol. The second-order valence-corrected chi connectivity index (χ2v) is 1.18. The van der Waals surface area contributed by atoms with Crippen LogP contribution >= 0.6 is 0 Å². The first-order chi connectivity index (χ1) is 3.81. The SMILES string of the molecule is CCOOC(C)OO.[Zn]. The third-order valence-corrected chi connectivity index (χ3v) is 0.470. The first kappa shape index (κ1) is 12.2. The minimum absolute atomic E-state index is 0. The molecule has 0 aliphatic carbocycles. The molecule has 0 heterocycles. The Balaban J connectivity index is 0. The molecule has 0 aromatic heterocycles. The molecule has 5 heteroatoms. The topological polar surface area (TPSA) is 47.9 Å². The van der Waals surface area contributed by atoms with Crippen LogP contribution < -0.4 is 0 Å². The Morgan fingerprint density at radius 2 is 2.11 bits per heavy atom. The molecule has 0 spiro atoms. The van der Waals surface area contributed by atoms with E-state index in [0.29, 0.717) is 6.61 Å². The van der Waals surface area contributed by atoms with Gasteiger partial charge in [0.25, 0.3) is 0 Å². The fourth-order valence-corrected chi connectivity index (χ4v) is 0.181. The van der Waals surface area contributed by atoms with E-state index in [1.54, 1.807) is 6.92 Å². The van der Waals surface area contributed by atoms with Gasteiger partial charge in [-0.05, 0) is 13.8 Å². The molecule has 9 heavy (non-hydrogen) atoms. The number of hydrogen-bond acceptors (Lipinski definition) is 4. The second-order valence-electron chi connectivity index (χ2n) is 1.18. The Hall–Kier alpha value is 0.463. The zero-order valence-corrected chi connectivity index (χ0v) is 8.63. The van der Waals surface area contributed by atoms with Crippen LogP contribution in [0.25, 0.3) is 0 Å². The average molecular weight is 188 g/mol. The van der Waals surface area contributed by atoms with Crippen LogP contribution in [0.4, 0.5) is 0 Å². The van der Waals surface area contributed by atoms with Crippen molar-refractivity contribution in [3.63, 3.8) is 0 Å². The molecule has 4 nitrogen and oxygen atoms in total. The third-order valence-electron chi connectivity index (χ3n) is 0.470. The van der Waals surface area contributed by atoms with E-state index < -0.39 is 6.29 Å². The van der Waals surface area contributed by atoms with Crippen molar-refractivity contribution >= 4 is 0 Å². The predicted molar refractivity (Wildman–Crippen MR) is 25.9 cm³/mol. The summed E-state index contributed by atoms with van der Waals surface area (Å²) >= 11 is 0. The van der Waals surface area contributed by atoms with Gasteiger partial charge in [0, 0.05) is 19.5 Å². The van der Waals surface area contributed by atoms with Gasteiger partial charge in [-0.3, -0.25) is 0 Å². The molecule has 0 bridgehead atoms. The molecule has 0 rings (SSSR count). The summed E-state index contributed by atoms with van der Waals surface area (Å²) in [7, 11) is 0. The van der Waals surface area contributed by atoms with Crippen LogP contribution in [0.3, 0.4) is 0 Å². The van der Waals surface area contributed by atoms with Crippen LogP contribution in [0.15, 0.2) is 0 Å². The molecule has 0 amide bonds. The van der Waals surface area contributed by atoms with E-state index >= 15 is 0 Å². The van der Waals surface area contributed by atoms with Gasteiger partial charge in [0.2, 0.25) is 6.29 Å². The van der Waals surface area contributed by atoms with Crippen molar-refractivity contribution in [3.05, 3.63) is 0 Å². The van der Waals surface area contributed by atoms with Crippen molar-refractivity contribution in [2.45, 2.75) is 20.1 Å². The van der Waals surface area contributed by atoms with Gasteiger partial charge < -0.3 is 0 Å². The molecule has 0 aliphatic rings. The molecular weight excluding hydrogens is 177 g/mol. The maximum absolute atomic E-state index is 7.86. The Kier molecular flexibility index (Phi) is 11.4. The molecule has 0 aromatic rings. The molecule has 0 saturated carbocycles. The Labute approximate surface area is 66.7 Å². The van der Waals surface area contributed by atoms with Gasteiger partial charge in [-0.25, -0.2) is 19.9 Å². The van der Waals surface area contributed by atoms with E-state index in [4.69, 9.17) is 5.26 Å². The third kappa shape index (κ3) is 8.46. The van der Waals surface area contributed by atoms with Crippen LogP contribution in [0.5, 0.6) is 0 Å². The summed E-state index contributed by atoms with van der Waals surface area (Å²) in [6.45, 7) is 3.72. The first-order valence-electron chi connectivity index (χ1n) is 2.39. The number of rotatable bonds is 4. The maximum atomic E-state index is 7.86. The molecular formula is C4H10O4Zn. The van der Waals surface area contributed by atoms with Crippen molar-refractivity contribution in [2.24, 2.45) is 0 Å². The number of hydrogen-bond donors (Lipinski definition) is 1. The average Bonchev–Trinajstić information content (AvgIpc) is 1.83. The van der Waals surface area contributed by atoms with E-state index in [-0.39, 0.29) is 19.5 Å². The van der Waals surface area contributed by atoms with Gasteiger partial charge in [0.1, 0.15) is 0 Å². The van der Waals surface area contributed by atoms with Gasteiger partial charge in [-0.1, -0.05) is 0 Å². The van der Waals surface area contributed by atoms with Gasteiger partial charge >= 0.3 is 0 Å². The summed E-state index contributed by atoms with van der Waals surface area (Å²) in [6, 6.07) is 0. The molecule has 1 unspecified atom stereocenters. The van der Waals surface area contributed by atoms with Crippen molar-refractivity contribution in [1.82, 2.24) is 0 Å². The smallest absolute Gasteiger partial charge is 0.221 e. The van der Waals surface area contributed by atoms with E-state index in [2.05, 4.69) is 14.7 Å². The summed E-state index contributed by atoms with van der Waals surface area (Å²) in [5.41, 5.74) is 0. The van der Waals surface area contributed by atoms with Crippen molar-refractivity contribution in [2.75, 3.05) is 6.61 Å². The van der Waals surface area contributed by atoms with E-state index in [0.717, 1.165) is 0 Å². The summed E-state index contributed by atoms with van der Waals surface area (Å²) in [5.74, 6) is 0. The molecule has 0 fully saturated rings. The van der Waals surface area contributed by atoms with Crippen molar-refractivity contribution < 1.29 is 39.4 Å². The standard InChI is InChI=1S/C4H10O4.Zn/c1-3-6-8-4(2)7-5;/h4-5H,3H2,1-2H3;. The molecule has 0 saturated heterocycles. The zero-order valence-electron chi connectivity index (χ0n) is 5.66. The zero-order chi connectivity index (χ0) is 6.41. The van der Waals surface area contributed by atoms with E-state index in [1.165, 1.54) is 6.92 Å². The fourth-order valence-electron chi connectivity index (χ4n) is 0.181.